The van der Waals surface area contributed by atoms with Gasteiger partial charge in [0.15, 0.2) is 5.79 Å². The van der Waals surface area contributed by atoms with Crippen LogP contribution in [-0.2, 0) is 9.47 Å². The molecule has 0 radical (unpaired) electrons. The summed E-state index contributed by atoms with van der Waals surface area (Å²) in [7, 11) is 0. The lowest BCUT2D eigenvalue weighted by molar-refractivity contribution is -0.143. The molecule has 2 rings (SSSR count). The fourth-order valence-corrected chi connectivity index (χ4v) is 2.77. The van der Waals surface area contributed by atoms with Crippen molar-refractivity contribution in [2.45, 2.75) is 56.1 Å². The standard InChI is InChI=1S/C11H17BrO3/c1-4-6-5-7(13)8(12)10-9(6)14-11(2,3)15-10/h5,7-10,13H,4H2,1-3H3/t7-,8+,9+,10-/m0/s1. The lowest BCUT2D eigenvalue weighted by Crippen LogP contribution is -2.43. The second-order valence-corrected chi connectivity index (χ2v) is 5.61. The summed E-state index contributed by atoms with van der Waals surface area (Å²) in [4.78, 5) is -0.0837. The minimum absolute atomic E-state index is 0.0159. The summed E-state index contributed by atoms with van der Waals surface area (Å²) in [6.45, 7) is 5.88. The third-order valence-corrected chi connectivity index (χ3v) is 3.99. The molecule has 0 spiro atoms. The van der Waals surface area contributed by atoms with Crippen LogP contribution in [0.2, 0.25) is 0 Å². The molecule has 0 aromatic heterocycles. The first-order chi connectivity index (χ1) is 6.94. The van der Waals surface area contributed by atoms with Crippen LogP contribution < -0.4 is 0 Å². The first kappa shape index (κ1) is 11.6. The van der Waals surface area contributed by atoms with Gasteiger partial charge in [-0.2, -0.15) is 0 Å². The van der Waals surface area contributed by atoms with Gasteiger partial charge in [0.05, 0.1) is 10.9 Å². The zero-order valence-electron chi connectivity index (χ0n) is 9.24. The first-order valence-corrected chi connectivity index (χ1v) is 6.24. The average molecular weight is 277 g/mol. The summed E-state index contributed by atoms with van der Waals surface area (Å²) in [5.74, 6) is -0.556. The van der Waals surface area contributed by atoms with E-state index in [1.807, 2.05) is 19.9 Å². The summed E-state index contributed by atoms with van der Waals surface area (Å²) in [5.41, 5.74) is 1.13. The molecule has 4 heteroatoms. The summed E-state index contributed by atoms with van der Waals surface area (Å²) >= 11 is 3.47. The monoisotopic (exact) mass is 276 g/mol. The zero-order chi connectivity index (χ0) is 11.2. The van der Waals surface area contributed by atoms with Crippen molar-refractivity contribution >= 4 is 15.9 Å². The summed E-state index contributed by atoms with van der Waals surface area (Å²) in [6, 6.07) is 0. The number of alkyl halides is 1. The van der Waals surface area contributed by atoms with Crippen molar-refractivity contribution in [2.24, 2.45) is 0 Å². The van der Waals surface area contributed by atoms with Crippen LogP contribution in [0.3, 0.4) is 0 Å². The van der Waals surface area contributed by atoms with Crippen LogP contribution >= 0.6 is 15.9 Å². The number of aliphatic hydroxyl groups excluding tert-OH is 1. The van der Waals surface area contributed by atoms with Crippen molar-refractivity contribution in [2.75, 3.05) is 0 Å². The Morgan fingerprint density at radius 1 is 1.47 bits per heavy atom. The van der Waals surface area contributed by atoms with Gasteiger partial charge in [0.25, 0.3) is 0 Å². The van der Waals surface area contributed by atoms with E-state index in [0.29, 0.717) is 0 Å². The molecule has 0 aromatic rings. The maximum atomic E-state index is 9.84. The Balaban J connectivity index is 2.28. The molecule has 1 N–H and O–H groups in total. The molecule has 0 aromatic carbocycles. The summed E-state index contributed by atoms with van der Waals surface area (Å²) < 4.78 is 11.6. The van der Waals surface area contributed by atoms with Crippen molar-refractivity contribution in [3.8, 4) is 0 Å². The number of halogens is 1. The van der Waals surface area contributed by atoms with E-state index in [0.717, 1.165) is 12.0 Å². The van der Waals surface area contributed by atoms with Gasteiger partial charge in [-0.15, -0.1) is 0 Å². The fraction of sp³-hybridized carbons (Fsp3) is 0.818. The third kappa shape index (κ3) is 2.00. The topological polar surface area (TPSA) is 38.7 Å². The van der Waals surface area contributed by atoms with Crippen LogP contribution in [0.15, 0.2) is 11.6 Å². The molecule has 1 saturated heterocycles. The molecule has 0 unspecified atom stereocenters. The second kappa shape index (κ2) is 3.84. The van der Waals surface area contributed by atoms with Gasteiger partial charge in [-0.1, -0.05) is 28.9 Å². The van der Waals surface area contributed by atoms with E-state index in [4.69, 9.17) is 9.47 Å². The van der Waals surface area contributed by atoms with Gasteiger partial charge in [0, 0.05) is 0 Å². The lowest BCUT2D eigenvalue weighted by Gasteiger charge is -2.31. The van der Waals surface area contributed by atoms with Crippen LogP contribution in [0, 0.1) is 0 Å². The van der Waals surface area contributed by atoms with Crippen molar-refractivity contribution in [3.05, 3.63) is 11.6 Å². The normalized spacial score (nSPS) is 43.7. The van der Waals surface area contributed by atoms with Gasteiger partial charge in [-0.25, -0.2) is 0 Å². The van der Waals surface area contributed by atoms with E-state index >= 15 is 0 Å². The summed E-state index contributed by atoms with van der Waals surface area (Å²) in [6.07, 6.45) is 2.18. The van der Waals surface area contributed by atoms with E-state index in [1.54, 1.807) is 0 Å². The molecule has 1 aliphatic carbocycles. The largest absolute Gasteiger partial charge is 0.388 e. The molecule has 1 aliphatic heterocycles. The van der Waals surface area contributed by atoms with E-state index in [-0.39, 0.29) is 17.0 Å². The third-order valence-electron chi connectivity index (χ3n) is 2.93. The highest BCUT2D eigenvalue weighted by Crippen LogP contribution is 2.40. The van der Waals surface area contributed by atoms with Crippen LogP contribution in [0.5, 0.6) is 0 Å². The minimum Gasteiger partial charge on any atom is -0.388 e. The van der Waals surface area contributed by atoms with E-state index in [2.05, 4.69) is 22.9 Å². The second-order valence-electron chi connectivity index (χ2n) is 4.55. The highest BCUT2D eigenvalue weighted by Gasteiger charge is 2.49. The Bertz CT molecular complexity index is 288. The number of rotatable bonds is 1. The maximum absolute atomic E-state index is 9.84. The quantitative estimate of drug-likeness (QED) is 0.588. The molecular weight excluding hydrogens is 260 g/mol. The van der Waals surface area contributed by atoms with Crippen LogP contribution in [-0.4, -0.2) is 34.0 Å². The van der Waals surface area contributed by atoms with Crippen molar-refractivity contribution < 1.29 is 14.6 Å². The molecule has 1 fully saturated rings. The van der Waals surface area contributed by atoms with Crippen molar-refractivity contribution in [3.63, 3.8) is 0 Å². The van der Waals surface area contributed by atoms with Gasteiger partial charge in [-0.05, 0) is 25.8 Å². The molecule has 0 amide bonds. The molecule has 3 nitrogen and oxygen atoms in total. The Morgan fingerprint density at radius 2 is 2.13 bits per heavy atom. The molecule has 1 heterocycles. The number of hydrogen-bond donors (Lipinski definition) is 1. The molecule has 0 bridgehead atoms. The Morgan fingerprint density at radius 3 is 2.73 bits per heavy atom. The Kier molecular flexibility index (Phi) is 2.97. The van der Waals surface area contributed by atoms with E-state index < -0.39 is 11.9 Å². The van der Waals surface area contributed by atoms with E-state index in [1.165, 1.54) is 0 Å². The van der Waals surface area contributed by atoms with Gasteiger partial charge in [-0.3, -0.25) is 0 Å². The average Bonchev–Trinajstić information content (AvgIpc) is 2.48. The van der Waals surface area contributed by atoms with E-state index in [9.17, 15) is 5.11 Å². The fourth-order valence-electron chi connectivity index (χ4n) is 2.23. The van der Waals surface area contributed by atoms with Crippen LogP contribution in [0.1, 0.15) is 27.2 Å². The number of hydrogen-bond acceptors (Lipinski definition) is 3. The predicted octanol–water partition coefficient (Wildman–Crippen LogP) is 1.98. The van der Waals surface area contributed by atoms with Gasteiger partial charge in [0.1, 0.15) is 12.2 Å². The first-order valence-electron chi connectivity index (χ1n) is 5.33. The van der Waals surface area contributed by atoms with Crippen molar-refractivity contribution in [1.29, 1.82) is 0 Å². The maximum Gasteiger partial charge on any atom is 0.164 e. The van der Waals surface area contributed by atoms with Crippen LogP contribution in [0.25, 0.3) is 0 Å². The molecule has 2 aliphatic rings. The molecule has 0 saturated carbocycles. The highest BCUT2D eigenvalue weighted by atomic mass is 79.9. The zero-order valence-corrected chi connectivity index (χ0v) is 10.8. The highest BCUT2D eigenvalue weighted by molar-refractivity contribution is 9.09. The minimum atomic E-state index is -0.556. The Labute approximate surface area is 98.6 Å². The SMILES string of the molecule is CCC1=C[C@H](O)[C@@H](Br)[C@@H]2OC(C)(C)O[C@H]12. The number of ether oxygens (including phenoxy) is 2. The smallest absolute Gasteiger partial charge is 0.164 e. The Hall–Kier alpha value is 0.100. The molecule has 86 valence electrons. The van der Waals surface area contributed by atoms with Gasteiger partial charge in [0.2, 0.25) is 0 Å². The number of aliphatic hydroxyl groups is 1. The molecule has 4 atom stereocenters. The predicted molar refractivity (Wildman–Crippen MR) is 60.9 cm³/mol. The van der Waals surface area contributed by atoms with Crippen LogP contribution in [0.4, 0.5) is 0 Å². The lowest BCUT2D eigenvalue weighted by atomic mass is 9.90. The summed E-state index contributed by atoms with van der Waals surface area (Å²) in [5, 5.41) is 9.84. The van der Waals surface area contributed by atoms with Crippen molar-refractivity contribution in [1.82, 2.24) is 0 Å². The number of fused-ring (bicyclic) bond motifs is 1. The van der Waals surface area contributed by atoms with Gasteiger partial charge >= 0.3 is 0 Å². The van der Waals surface area contributed by atoms with Gasteiger partial charge < -0.3 is 14.6 Å². The molecular formula is C11H17BrO3. The molecule has 15 heavy (non-hydrogen) atoms.